The lowest BCUT2D eigenvalue weighted by atomic mass is 10.1. The topological polar surface area (TPSA) is 48.2 Å². The predicted octanol–water partition coefficient (Wildman–Crippen LogP) is 4.43. The normalized spacial score (nSPS) is 11.5. The molecule has 7 heteroatoms. The Balaban J connectivity index is 2.07. The van der Waals surface area contributed by atoms with Crippen LogP contribution < -0.4 is 4.74 Å². The van der Waals surface area contributed by atoms with E-state index in [-0.39, 0.29) is 17.3 Å². The SMILES string of the molecule is COc1ccccc1-c1nnc(-c2ccccc2C(F)(F)F)o1. The molecule has 3 rings (SSSR count). The minimum atomic E-state index is -4.50. The summed E-state index contributed by atoms with van der Waals surface area (Å²) in [4.78, 5) is 0. The Bertz CT molecular complexity index is 828. The molecule has 0 saturated carbocycles. The van der Waals surface area contributed by atoms with Crippen LogP contribution in [0.4, 0.5) is 13.2 Å². The Hall–Kier alpha value is -2.83. The number of methoxy groups -OCH3 is 1. The van der Waals surface area contributed by atoms with Gasteiger partial charge in [0.05, 0.1) is 23.8 Å². The van der Waals surface area contributed by atoms with Crippen molar-refractivity contribution in [2.75, 3.05) is 7.11 Å². The van der Waals surface area contributed by atoms with Crippen LogP contribution in [0.1, 0.15) is 5.56 Å². The summed E-state index contributed by atoms with van der Waals surface area (Å²) in [7, 11) is 1.48. The lowest BCUT2D eigenvalue weighted by Gasteiger charge is -2.09. The van der Waals surface area contributed by atoms with Crippen molar-refractivity contribution in [2.45, 2.75) is 6.18 Å². The molecule has 0 bridgehead atoms. The number of ether oxygens (including phenoxy) is 1. The smallest absolute Gasteiger partial charge is 0.417 e. The largest absolute Gasteiger partial charge is 0.496 e. The third-order valence-electron chi connectivity index (χ3n) is 3.23. The average Bonchev–Trinajstić information content (AvgIpc) is 3.03. The van der Waals surface area contributed by atoms with Gasteiger partial charge in [0.1, 0.15) is 5.75 Å². The monoisotopic (exact) mass is 320 g/mol. The van der Waals surface area contributed by atoms with E-state index in [1.165, 1.54) is 25.3 Å². The van der Waals surface area contributed by atoms with E-state index in [4.69, 9.17) is 9.15 Å². The van der Waals surface area contributed by atoms with Gasteiger partial charge in [-0.15, -0.1) is 10.2 Å². The summed E-state index contributed by atoms with van der Waals surface area (Å²) in [5.74, 6) is 0.389. The third-order valence-corrected chi connectivity index (χ3v) is 3.23. The summed E-state index contributed by atoms with van der Waals surface area (Å²) in [6.45, 7) is 0. The van der Waals surface area contributed by atoms with Crippen molar-refractivity contribution in [2.24, 2.45) is 0 Å². The summed E-state index contributed by atoms with van der Waals surface area (Å²) in [6, 6.07) is 11.9. The second-order valence-electron chi connectivity index (χ2n) is 4.66. The maximum Gasteiger partial charge on any atom is 0.417 e. The number of benzene rings is 2. The lowest BCUT2D eigenvalue weighted by molar-refractivity contribution is -0.137. The number of halogens is 3. The Morgan fingerprint density at radius 1 is 0.870 bits per heavy atom. The van der Waals surface area contributed by atoms with Crippen molar-refractivity contribution < 1.29 is 22.3 Å². The van der Waals surface area contributed by atoms with Crippen LogP contribution >= 0.6 is 0 Å². The highest BCUT2D eigenvalue weighted by molar-refractivity contribution is 5.65. The predicted molar refractivity (Wildman–Crippen MR) is 76.7 cm³/mol. The molecule has 1 aromatic heterocycles. The molecule has 1 heterocycles. The van der Waals surface area contributed by atoms with Crippen molar-refractivity contribution in [1.29, 1.82) is 0 Å². The first-order chi connectivity index (χ1) is 11.0. The maximum atomic E-state index is 13.1. The zero-order chi connectivity index (χ0) is 16.4. The van der Waals surface area contributed by atoms with Gasteiger partial charge in [0.15, 0.2) is 0 Å². The lowest BCUT2D eigenvalue weighted by Crippen LogP contribution is -2.06. The highest BCUT2D eigenvalue weighted by Gasteiger charge is 2.34. The first kappa shape index (κ1) is 15.1. The van der Waals surface area contributed by atoms with Crippen molar-refractivity contribution in [1.82, 2.24) is 10.2 Å². The van der Waals surface area contributed by atoms with Gasteiger partial charge < -0.3 is 9.15 Å². The first-order valence-electron chi connectivity index (χ1n) is 6.64. The number of hydrogen-bond acceptors (Lipinski definition) is 4. The van der Waals surface area contributed by atoms with E-state index >= 15 is 0 Å². The van der Waals surface area contributed by atoms with Crippen molar-refractivity contribution >= 4 is 0 Å². The van der Waals surface area contributed by atoms with Gasteiger partial charge in [0.25, 0.3) is 5.89 Å². The number of rotatable bonds is 3. The minimum Gasteiger partial charge on any atom is -0.496 e. The van der Waals surface area contributed by atoms with E-state index in [0.29, 0.717) is 11.3 Å². The Morgan fingerprint density at radius 2 is 1.43 bits per heavy atom. The van der Waals surface area contributed by atoms with Gasteiger partial charge in [-0.1, -0.05) is 24.3 Å². The molecule has 0 radical (unpaired) electrons. The van der Waals surface area contributed by atoms with Crippen LogP contribution in [0.15, 0.2) is 52.9 Å². The van der Waals surface area contributed by atoms with Crippen molar-refractivity contribution in [3.05, 3.63) is 54.1 Å². The molecule has 0 aliphatic rings. The van der Waals surface area contributed by atoms with E-state index in [1.54, 1.807) is 24.3 Å². The molecule has 0 amide bonds. The van der Waals surface area contributed by atoms with Crippen LogP contribution in [0.25, 0.3) is 22.9 Å². The molecule has 0 N–H and O–H groups in total. The quantitative estimate of drug-likeness (QED) is 0.716. The van der Waals surface area contributed by atoms with Gasteiger partial charge in [-0.2, -0.15) is 13.2 Å². The standard InChI is InChI=1S/C16H11F3N2O2/c1-22-13-9-5-3-7-11(13)15-21-20-14(23-15)10-6-2-4-8-12(10)16(17,18)19/h2-9H,1H3. The van der Waals surface area contributed by atoms with E-state index in [0.717, 1.165) is 6.07 Å². The molecular formula is C16H11F3N2O2. The fourth-order valence-corrected chi connectivity index (χ4v) is 2.18. The molecule has 0 unspecified atom stereocenters. The molecule has 118 valence electrons. The van der Waals surface area contributed by atoms with E-state index in [2.05, 4.69) is 10.2 Å². The number of para-hydroxylation sites is 1. The summed E-state index contributed by atoms with van der Waals surface area (Å²) >= 11 is 0. The molecule has 0 aliphatic heterocycles. The van der Waals surface area contributed by atoms with Gasteiger partial charge in [-0.05, 0) is 24.3 Å². The Labute approximate surface area is 129 Å². The first-order valence-corrected chi connectivity index (χ1v) is 6.64. The molecule has 0 atom stereocenters. The molecule has 0 fully saturated rings. The van der Waals surface area contributed by atoms with E-state index in [9.17, 15) is 13.2 Å². The summed E-state index contributed by atoms with van der Waals surface area (Å²) in [6.07, 6.45) is -4.50. The molecule has 23 heavy (non-hydrogen) atoms. The molecule has 0 aliphatic carbocycles. The zero-order valence-electron chi connectivity index (χ0n) is 12.0. The number of alkyl halides is 3. The fraction of sp³-hybridized carbons (Fsp3) is 0.125. The minimum absolute atomic E-state index is 0.0921. The highest BCUT2D eigenvalue weighted by atomic mass is 19.4. The van der Waals surface area contributed by atoms with Crippen LogP contribution in [0, 0.1) is 0 Å². The molecule has 2 aromatic carbocycles. The van der Waals surface area contributed by atoms with Crippen LogP contribution in [0.2, 0.25) is 0 Å². The van der Waals surface area contributed by atoms with E-state index < -0.39 is 11.7 Å². The number of aromatic nitrogens is 2. The highest BCUT2D eigenvalue weighted by Crippen LogP contribution is 2.37. The zero-order valence-corrected chi connectivity index (χ0v) is 12.0. The van der Waals surface area contributed by atoms with Crippen molar-refractivity contribution in [3.8, 4) is 28.7 Å². The summed E-state index contributed by atoms with van der Waals surface area (Å²) < 4.78 is 49.8. The molecule has 0 spiro atoms. The Morgan fingerprint density at radius 3 is 2.09 bits per heavy atom. The number of nitrogens with zero attached hydrogens (tertiary/aromatic N) is 2. The van der Waals surface area contributed by atoms with Crippen LogP contribution in [-0.2, 0) is 6.18 Å². The second kappa shape index (κ2) is 5.75. The second-order valence-corrected chi connectivity index (χ2v) is 4.66. The van der Waals surface area contributed by atoms with Gasteiger partial charge >= 0.3 is 6.18 Å². The van der Waals surface area contributed by atoms with Gasteiger partial charge in [0.2, 0.25) is 5.89 Å². The van der Waals surface area contributed by atoms with Crippen LogP contribution in [-0.4, -0.2) is 17.3 Å². The van der Waals surface area contributed by atoms with Gasteiger partial charge in [-0.25, -0.2) is 0 Å². The number of hydrogen-bond donors (Lipinski definition) is 0. The molecular weight excluding hydrogens is 309 g/mol. The Kier molecular flexibility index (Phi) is 3.77. The fourth-order valence-electron chi connectivity index (χ4n) is 2.18. The third kappa shape index (κ3) is 2.90. The van der Waals surface area contributed by atoms with E-state index in [1.807, 2.05) is 0 Å². The molecule has 3 aromatic rings. The molecule has 0 saturated heterocycles. The summed E-state index contributed by atoms with van der Waals surface area (Å²) in [5.41, 5.74) is -0.470. The molecule has 4 nitrogen and oxygen atoms in total. The summed E-state index contributed by atoms with van der Waals surface area (Å²) in [5, 5.41) is 7.57. The van der Waals surface area contributed by atoms with Crippen LogP contribution in [0.3, 0.4) is 0 Å². The average molecular weight is 320 g/mol. The van der Waals surface area contributed by atoms with Gasteiger partial charge in [0, 0.05) is 0 Å². The van der Waals surface area contributed by atoms with Crippen molar-refractivity contribution in [3.63, 3.8) is 0 Å². The van der Waals surface area contributed by atoms with Gasteiger partial charge in [-0.3, -0.25) is 0 Å². The van der Waals surface area contributed by atoms with Crippen LogP contribution in [0.5, 0.6) is 5.75 Å². The maximum absolute atomic E-state index is 13.1.